The minimum absolute atomic E-state index is 0.242. The van der Waals surface area contributed by atoms with Gasteiger partial charge in [-0.1, -0.05) is 0 Å². The lowest BCUT2D eigenvalue weighted by Gasteiger charge is -2.18. The quantitative estimate of drug-likeness (QED) is 0.336. The van der Waals surface area contributed by atoms with Gasteiger partial charge in [0.15, 0.2) is 11.5 Å². The molecule has 0 spiro atoms. The average Bonchev–Trinajstić information content (AvgIpc) is 3.55. The van der Waals surface area contributed by atoms with Crippen molar-refractivity contribution in [3.63, 3.8) is 0 Å². The number of rotatable bonds is 7. The summed E-state index contributed by atoms with van der Waals surface area (Å²) in [6, 6.07) is 7.40. The fourth-order valence-corrected chi connectivity index (χ4v) is 4.23. The van der Waals surface area contributed by atoms with E-state index in [9.17, 15) is 15.3 Å². The van der Waals surface area contributed by atoms with Crippen molar-refractivity contribution in [3.8, 4) is 5.69 Å². The highest BCUT2D eigenvalue weighted by molar-refractivity contribution is 5.88. The summed E-state index contributed by atoms with van der Waals surface area (Å²) in [6.45, 7) is 1.18. The van der Waals surface area contributed by atoms with Crippen LogP contribution in [0.1, 0.15) is 29.5 Å². The van der Waals surface area contributed by atoms with Crippen LogP contribution in [0.5, 0.6) is 0 Å². The number of aromatic nitrogens is 5. The van der Waals surface area contributed by atoms with Crippen molar-refractivity contribution in [2.45, 2.75) is 32.7 Å². The van der Waals surface area contributed by atoms with Gasteiger partial charge in [0.1, 0.15) is 12.1 Å². The topological polar surface area (TPSA) is 132 Å². The highest BCUT2D eigenvalue weighted by Gasteiger charge is 2.19. The lowest BCUT2D eigenvalue weighted by Crippen LogP contribution is -2.20. The maximum Gasteiger partial charge on any atom is 0.232 e. The van der Waals surface area contributed by atoms with Gasteiger partial charge in [0.05, 0.1) is 31.4 Å². The number of fused-ring (bicyclic) bond motifs is 1. The fraction of sp³-hybridized carbons (Fsp3) is 0.304. The van der Waals surface area contributed by atoms with Crippen molar-refractivity contribution >= 4 is 28.6 Å². The first kappa shape index (κ1) is 21.3. The van der Waals surface area contributed by atoms with Crippen LogP contribution >= 0.6 is 0 Å². The molecule has 3 aromatic heterocycles. The van der Waals surface area contributed by atoms with Crippen LogP contribution in [0.4, 0.5) is 17.6 Å². The minimum Gasteiger partial charge on any atom is -0.392 e. The van der Waals surface area contributed by atoms with Crippen LogP contribution in [-0.4, -0.2) is 52.9 Å². The number of hydrogen-bond donors (Lipinski definition) is 4. The number of aliphatic hydroxyl groups is 3. The molecule has 0 saturated carbocycles. The van der Waals surface area contributed by atoms with E-state index >= 15 is 0 Å². The smallest absolute Gasteiger partial charge is 0.232 e. The van der Waals surface area contributed by atoms with Crippen LogP contribution in [0.3, 0.4) is 0 Å². The molecule has 10 nitrogen and oxygen atoms in total. The molecule has 1 fully saturated rings. The molecule has 0 atom stereocenters. The van der Waals surface area contributed by atoms with Crippen molar-refractivity contribution < 1.29 is 15.3 Å². The second-order valence-electron chi connectivity index (χ2n) is 7.95. The van der Waals surface area contributed by atoms with Gasteiger partial charge in [-0.15, -0.1) is 0 Å². The molecule has 5 rings (SSSR count). The Morgan fingerprint density at radius 2 is 1.70 bits per heavy atom. The van der Waals surface area contributed by atoms with Crippen molar-refractivity contribution in [2.75, 3.05) is 23.3 Å². The van der Waals surface area contributed by atoms with Gasteiger partial charge < -0.3 is 30.1 Å². The van der Waals surface area contributed by atoms with E-state index in [0.717, 1.165) is 37.1 Å². The summed E-state index contributed by atoms with van der Waals surface area (Å²) in [4.78, 5) is 20.4. The number of hydrogen-bond acceptors (Lipinski definition) is 9. The van der Waals surface area contributed by atoms with Crippen LogP contribution in [0.15, 0.2) is 43.0 Å². The molecule has 33 heavy (non-hydrogen) atoms. The molecule has 1 saturated heterocycles. The van der Waals surface area contributed by atoms with Gasteiger partial charge in [0.2, 0.25) is 5.95 Å². The molecule has 170 valence electrons. The first-order valence-corrected chi connectivity index (χ1v) is 10.9. The van der Waals surface area contributed by atoms with E-state index in [1.807, 2.05) is 12.1 Å². The molecule has 4 aromatic rings. The van der Waals surface area contributed by atoms with Crippen LogP contribution in [0.2, 0.25) is 0 Å². The van der Waals surface area contributed by atoms with E-state index < -0.39 is 0 Å². The van der Waals surface area contributed by atoms with Crippen LogP contribution in [0.25, 0.3) is 16.7 Å². The Labute approximate surface area is 190 Å². The zero-order valence-electron chi connectivity index (χ0n) is 18.0. The van der Waals surface area contributed by atoms with Gasteiger partial charge in [0.25, 0.3) is 0 Å². The number of nitrogens with zero attached hydrogens (tertiary/aromatic N) is 6. The molecule has 0 bridgehead atoms. The lowest BCUT2D eigenvalue weighted by molar-refractivity contribution is 0.247. The van der Waals surface area contributed by atoms with Gasteiger partial charge in [-0.3, -0.25) is 0 Å². The summed E-state index contributed by atoms with van der Waals surface area (Å²) >= 11 is 0. The monoisotopic (exact) mass is 447 g/mol. The molecule has 0 radical (unpaired) electrons. The summed E-state index contributed by atoms with van der Waals surface area (Å²) in [7, 11) is 0. The Kier molecular flexibility index (Phi) is 5.86. The second-order valence-corrected chi connectivity index (χ2v) is 7.95. The average molecular weight is 447 g/mol. The molecule has 4 heterocycles. The number of benzene rings is 1. The van der Waals surface area contributed by atoms with E-state index in [1.54, 1.807) is 35.4 Å². The standard InChI is InChI=1S/C23H25N7O3/c31-11-15-8-17(9-16(12-32)19(15)13-33)30-10-20(25-14-30)26-23-27-21-18(4-3-5-24-21)22(28-23)29-6-1-2-7-29/h3-5,8-10,14,31-33H,1-2,6-7,11-13H2,(H,24,26,27,28). The summed E-state index contributed by atoms with van der Waals surface area (Å²) in [5.41, 5.74) is 2.98. The maximum absolute atomic E-state index is 9.69. The third-order valence-electron chi connectivity index (χ3n) is 5.90. The zero-order chi connectivity index (χ0) is 22.8. The Bertz CT molecular complexity index is 1260. The third kappa shape index (κ3) is 4.11. The van der Waals surface area contributed by atoms with Crippen LogP contribution < -0.4 is 10.2 Å². The maximum atomic E-state index is 9.69. The molecule has 1 aliphatic heterocycles. The van der Waals surface area contributed by atoms with Crippen LogP contribution in [-0.2, 0) is 19.8 Å². The molecule has 0 unspecified atom stereocenters. The van der Waals surface area contributed by atoms with Crippen LogP contribution in [0, 0.1) is 0 Å². The first-order valence-electron chi connectivity index (χ1n) is 10.9. The van der Waals surface area contributed by atoms with Gasteiger partial charge in [-0.25, -0.2) is 9.97 Å². The minimum atomic E-state index is -0.254. The summed E-state index contributed by atoms with van der Waals surface area (Å²) in [6.07, 6.45) is 7.39. The highest BCUT2D eigenvalue weighted by Crippen LogP contribution is 2.28. The van der Waals surface area contributed by atoms with E-state index in [2.05, 4.69) is 25.2 Å². The fourth-order valence-electron chi connectivity index (χ4n) is 4.23. The summed E-state index contributed by atoms with van der Waals surface area (Å²) < 4.78 is 1.77. The highest BCUT2D eigenvalue weighted by atomic mass is 16.3. The van der Waals surface area contributed by atoms with E-state index in [0.29, 0.717) is 39.8 Å². The van der Waals surface area contributed by atoms with Crippen molar-refractivity contribution in [1.82, 2.24) is 24.5 Å². The van der Waals surface area contributed by atoms with E-state index in [-0.39, 0.29) is 19.8 Å². The van der Waals surface area contributed by atoms with Gasteiger partial charge in [0, 0.05) is 25.0 Å². The lowest BCUT2D eigenvalue weighted by atomic mass is 10.0. The number of anilines is 3. The molecule has 0 aliphatic carbocycles. The second kappa shape index (κ2) is 9.10. The molecular weight excluding hydrogens is 422 g/mol. The van der Waals surface area contributed by atoms with Crippen molar-refractivity contribution in [1.29, 1.82) is 0 Å². The zero-order valence-corrected chi connectivity index (χ0v) is 18.0. The van der Waals surface area contributed by atoms with Gasteiger partial charge in [-0.2, -0.15) is 9.97 Å². The van der Waals surface area contributed by atoms with Crippen molar-refractivity contribution in [3.05, 3.63) is 59.7 Å². The number of nitrogens with one attached hydrogen (secondary N) is 1. The van der Waals surface area contributed by atoms with E-state index in [1.165, 1.54) is 0 Å². The molecule has 1 aliphatic rings. The Morgan fingerprint density at radius 1 is 0.939 bits per heavy atom. The molecule has 10 heteroatoms. The number of aliphatic hydroxyl groups excluding tert-OH is 3. The molecule has 1 aromatic carbocycles. The summed E-state index contributed by atoms with van der Waals surface area (Å²) in [5.74, 6) is 1.82. The predicted molar refractivity (Wildman–Crippen MR) is 123 cm³/mol. The number of pyridine rings is 1. The van der Waals surface area contributed by atoms with Gasteiger partial charge >= 0.3 is 0 Å². The Hall–Kier alpha value is -3.60. The molecule has 4 N–H and O–H groups in total. The normalized spacial score (nSPS) is 13.7. The van der Waals surface area contributed by atoms with Gasteiger partial charge in [-0.05, 0) is 53.8 Å². The van der Waals surface area contributed by atoms with Crippen molar-refractivity contribution in [2.24, 2.45) is 0 Å². The third-order valence-corrected chi connectivity index (χ3v) is 5.90. The predicted octanol–water partition coefficient (Wildman–Crippen LogP) is 2.03. The van der Waals surface area contributed by atoms with E-state index in [4.69, 9.17) is 4.98 Å². The number of imidazole rings is 1. The molecular formula is C23H25N7O3. The SMILES string of the molecule is OCc1cc(-n2cnc(Nc3nc(N4CCCC4)c4cccnc4n3)c2)cc(CO)c1CO. The molecule has 0 amide bonds. The Morgan fingerprint density at radius 3 is 2.39 bits per heavy atom. The summed E-state index contributed by atoms with van der Waals surface area (Å²) in [5, 5.41) is 33.1. The Balaban J connectivity index is 1.47. The first-order chi connectivity index (χ1) is 16.2. The largest absolute Gasteiger partial charge is 0.392 e.